The highest BCUT2D eigenvalue weighted by Gasteiger charge is 2.33. The molecule has 0 radical (unpaired) electrons. The van der Waals surface area contributed by atoms with Gasteiger partial charge in [0.2, 0.25) is 5.91 Å². The van der Waals surface area contributed by atoms with E-state index in [2.05, 4.69) is 10.2 Å². The van der Waals surface area contributed by atoms with Crippen LogP contribution in [-0.4, -0.2) is 47.7 Å². The summed E-state index contributed by atoms with van der Waals surface area (Å²) in [7, 11) is 0. The number of likely N-dealkylation sites (tertiary alicyclic amines) is 1. The Morgan fingerprint density at radius 1 is 1.18 bits per heavy atom. The topological polar surface area (TPSA) is 52.6 Å². The van der Waals surface area contributed by atoms with Crippen LogP contribution < -0.4 is 5.32 Å². The number of aliphatic hydroxyl groups excluding tert-OH is 1. The zero-order valence-corrected chi connectivity index (χ0v) is 14.6. The third-order valence-electron chi connectivity index (χ3n) is 5.21. The van der Waals surface area contributed by atoms with Gasteiger partial charge in [0, 0.05) is 37.2 Å². The van der Waals surface area contributed by atoms with Gasteiger partial charge in [0.1, 0.15) is 0 Å². The van der Waals surface area contributed by atoms with Crippen LogP contribution in [0.2, 0.25) is 0 Å². The number of nitrogens with one attached hydrogen (secondary N) is 1. The molecule has 2 unspecified atom stereocenters. The molecule has 0 spiro atoms. The minimum atomic E-state index is -0.334. The van der Waals surface area contributed by atoms with Gasteiger partial charge in [0.15, 0.2) is 0 Å². The summed E-state index contributed by atoms with van der Waals surface area (Å²) < 4.78 is 0. The van der Waals surface area contributed by atoms with Gasteiger partial charge in [-0.1, -0.05) is 40.0 Å². The fourth-order valence-electron chi connectivity index (χ4n) is 3.88. The van der Waals surface area contributed by atoms with E-state index in [1.54, 1.807) is 0 Å². The number of carbonyl (C=O) groups excluding carboxylic acids is 1. The summed E-state index contributed by atoms with van der Waals surface area (Å²) in [4.78, 5) is 14.9. The highest BCUT2D eigenvalue weighted by Crippen LogP contribution is 2.28. The highest BCUT2D eigenvalue weighted by atomic mass is 16.3. The summed E-state index contributed by atoms with van der Waals surface area (Å²) in [5.74, 6) is 0.650. The molecular weight excluding hydrogens is 276 g/mol. The summed E-state index contributed by atoms with van der Waals surface area (Å²) in [6, 6.07) is 0.920. The van der Waals surface area contributed by atoms with E-state index in [0.29, 0.717) is 12.0 Å². The Hall–Kier alpha value is -0.610. The monoisotopic (exact) mass is 310 g/mol. The van der Waals surface area contributed by atoms with E-state index in [1.807, 2.05) is 20.8 Å². The van der Waals surface area contributed by atoms with Crippen molar-refractivity contribution >= 4 is 5.91 Å². The zero-order valence-electron chi connectivity index (χ0n) is 14.6. The van der Waals surface area contributed by atoms with Crippen LogP contribution in [0.1, 0.15) is 65.7 Å². The van der Waals surface area contributed by atoms with Gasteiger partial charge in [-0.15, -0.1) is 0 Å². The number of nitrogens with zero attached hydrogens (tertiary/aromatic N) is 1. The van der Waals surface area contributed by atoms with Crippen LogP contribution in [-0.2, 0) is 4.79 Å². The molecule has 0 bridgehead atoms. The molecule has 0 aromatic rings. The number of aliphatic hydroxyl groups is 1. The van der Waals surface area contributed by atoms with E-state index in [-0.39, 0.29) is 24.0 Å². The van der Waals surface area contributed by atoms with Gasteiger partial charge in [0.05, 0.1) is 0 Å². The van der Waals surface area contributed by atoms with Crippen molar-refractivity contribution in [1.29, 1.82) is 0 Å². The molecule has 4 heteroatoms. The molecule has 2 rings (SSSR count). The zero-order chi connectivity index (χ0) is 16.2. The van der Waals surface area contributed by atoms with Gasteiger partial charge in [-0.25, -0.2) is 0 Å². The first kappa shape index (κ1) is 17.7. The summed E-state index contributed by atoms with van der Waals surface area (Å²) in [5, 5.41) is 12.6. The van der Waals surface area contributed by atoms with Crippen molar-refractivity contribution in [2.75, 3.05) is 19.7 Å². The first-order valence-corrected chi connectivity index (χ1v) is 9.06. The number of amides is 1. The molecule has 4 nitrogen and oxygen atoms in total. The maximum Gasteiger partial charge on any atom is 0.225 e. The van der Waals surface area contributed by atoms with Gasteiger partial charge in [-0.05, 0) is 31.6 Å². The van der Waals surface area contributed by atoms with Crippen LogP contribution in [0.4, 0.5) is 0 Å². The molecule has 2 aliphatic rings. The number of hydrogen-bond acceptors (Lipinski definition) is 3. The van der Waals surface area contributed by atoms with Gasteiger partial charge < -0.3 is 10.4 Å². The largest absolute Gasteiger partial charge is 0.396 e. The number of rotatable bonds is 4. The Labute approximate surface area is 135 Å². The van der Waals surface area contributed by atoms with Crippen molar-refractivity contribution in [1.82, 2.24) is 10.2 Å². The summed E-state index contributed by atoms with van der Waals surface area (Å²) in [5.41, 5.74) is -0.334. The standard InChI is InChI=1S/C18H34N2O2/c1-18(2,3)17(22)19-15-11-14(9-10-21)12-20(13-15)16-7-5-4-6-8-16/h14-16,21H,4-13H2,1-3H3,(H,19,22). The van der Waals surface area contributed by atoms with Crippen molar-refractivity contribution in [2.45, 2.75) is 77.8 Å². The number of hydrogen-bond donors (Lipinski definition) is 2. The third-order valence-corrected chi connectivity index (χ3v) is 5.21. The van der Waals surface area contributed by atoms with Crippen molar-refractivity contribution in [2.24, 2.45) is 11.3 Å². The van der Waals surface area contributed by atoms with Gasteiger partial charge >= 0.3 is 0 Å². The van der Waals surface area contributed by atoms with Gasteiger partial charge in [0.25, 0.3) is 0 Å². The quantitative estimate of drug-likeness (QED) is 0.839. The lowest BCUT2D eigenvalue weighted by Crippen LogP contribution is -2.55. The lowest BCUT2D eigenvalue weighted by molar-refractivity contribution is -0.130. The van der Waals surface area contributed by atoms with Crippen LogP contribution in [0, 0.1) is 11.3 Å². The second-order valence-electron chi connectivity index (χ2n) is 8.28. The average Bonchev–Trinajstić information content (AvgIpc) is 2.47. The van der Waals surface area contributed by atoms with Crippen molar-refractivity contribution < 1.29 is 9.90 Å². The normalized spacial score (nSPS) is 28.5. The first-order chi connectivity index (χ1) is 10.4. The molecule has 1 saturated heterocycles. The molecule has 1 saturated carbocycles. The van der Waals surface area contributed by atoms with Crippen molar-refractivity contribution in [3.63, 3.8) is 0 Å². The smallest absolute Gasteiger partial charge is 0.225 e. The van der Waals surface area contributed by atoms with E-state index < -0.39 is 0 Å². The Morgan fingerprint density at radius 3 is 2.45 bits per heavy atom. The Kier molecular flexibility index (Phi) is 6.27. The molecule has 2 fully saturated rings. The molecule has 22 heavy (non-hydrogen) atoms. The average molecular weight is 310 g/mol. The lowest BCUT2D eigenvalue weighted by atomic mass is 9.86. The van der Waals surface area contributed by atoms with E-state index in [0.717, 1.165) is 25.9 Å². The molecule has 0 aromatic heterocycles. The molecule has 128 valence electrons. The second kappa shape index (κ2) is 7.78. The van der Waals surface area contributed by atoms with E-state index in [1.165, 1.54) is 32.1 Å². The van der Waals surface area contributed by atoms with E-state index >= 15 is 0 Å². The predicted molar refractivity (Wildman–Crippen MR) is 89.6 cm³/mol. The van der Waals surface area contributed by atoms with Gasteiger partial charge in [-0.3, -0.25) is 9.69 Å². The maximum atomic E-state index is 12.3. The Bertz CT molecular complexity index is 359. The van der Waals surface area contributed by atoms with E-state index in [4.69, 9.17) is 0 Å². The van der Waals surface area contributed by atoms with Crippen molar-refractivity contribution in [3.8, 4) is 0 Å². The lowest BCUT2D eigenvalue weighted by Gasteiger charge is -2.44. The van der Waals surface area contributed by atoms with Crippen LogP contribution in [0.15, 0.2) is 0 Å². The number of piperidine rings is 1. The van der Waals surface area contributed by atoms with Crippen LogP contribution in [0.25, 0.3) is 0 Å². The van der Waals surface area contributed by atoms with Crippen molar-refractivity contribution in [3.05, 3.63) is 0 Å². The summed E-state index contributed by atoms with van der Waals surface area (Å²) in [6.07, 6.45) is 8.50. The minimum Gasteiger partial charge on any atom is -0.396 e. The Morgan fingerprint density at radius 2 is 1.86 bits per heavy atom. The fraction of sp³-hybridized carbons (Fsp3) is 0.944. The predicted octanol–water partition coefficient (Wildman–Crippen LogP) is 2.55. The molecule has 1 heterocycles. The molecule has 1 amide bonds. The highest BCUT2D eigenvalue weighted by molar-refractivity contribution is 5.81. The third kappa shape index (κ3) is 4.95. The molecule has 2 atom stereocenters. The number of carbonyl (C=O) groups is 1. The fourth-order valence-corrected chi connectivity index (χ4v) is 3.88. The Balaban J connectivity index is 1.98. The van der Waals surface area contributed by atoms with E-state index in [9.17, 15) is 9.90 Å². The van der Waals surface area contributed by atoms with Crippen LogP contribution >= 0.6 is 0 Å². The maximum absolute atomic E-state index is 12.3. The molecule has 1 aliphatic carbocycles. The molecule has 0 aromatic carbocycles. The summed E-state index contributed by atoms with van der Waals surface area (Å²) >= 11 is 0. The van der Waals surface area contributed by atoms with Crippen LogP contribution in [0.3, 0.4) is 0 Å². The first-order valence-electron chi connectivity index (χ1n) is 9.06. The molecular formula is C18H34N2O2. The molecule has 2 N–H and O–H groups in total. The second-order valence-corrected chi connectivity index (χ2v) is 8.28. The molecule has 1 aliphatic heterocycles. The summed E-state index contributed by atoms with van der Waals surface area (Å²) in [6.45, 7) is 8.23. The minimum absolute atomic E-state index is 0.144. The van der Waals surface area contributed by atoms with Crippen LogP contribution in [0.5, 0.6) is 0 Å². The SMILES string of the molecule is CC(C)(C)C(=O)NC1CC(CCO)CN(C2CCCCC2)C1. The van der Waals surface area contributed by atoms with Gasteiger partial charge in [-0.2, -0.15) is 0 Å².